The lowest BCUT2D eigenvalue weighted by Crippen LogP contribution is -2.34. The van der Waals surface area contributed by atoms with E-state index in [1.165, 1.54) is 31.4 Å². The van der Waals surface area contributed by atoms with E-state index < -0.39 is 0 Å². The third-order valence-corrected chi connectivity index (χ3v) is 4.69. The van der Waals surface area contributed by atoms with Crippen LogP contribution in [0.5, 0.6) is 0 Å². The number of fused-ring (bicyclic) bond motifs is 1. The lowest BCUT2D eigenvalue weighted by molar-refractivity contribution is 0.341. The van der Waals surface area contributed by atoms with Gasteiger partial charge in [0.1, 0.15) is 0 Å². The van der Waals surface area contributed by atoms with Gasteiger partial charge in [0.15, 0.2) is 0 Å². The summed E-state index contributed by atoms with van der Waals surface area (Å²) in [4.78, 5) is 6.86. The van der Waals surface area contributed by atoms with Gasteiger partial charge in [-0.1, -0.05) is 6.92 Å². The van der Waals surface area contributed by atoms with E-state index in [0.717, 1.165) is 22.5 Å². The minimum Gasteiger partial charge on any atom is -0.397 e. The monoisotopic (exact) mass is 269 g/mol. The molecule has 0 aliphatic heterocycles. The van der Waals surface area contributed by atoms with Gasteiger partial charge in [-0.05, 0) is 55.9 Å². The van der Waals surface area contributed by atoms with Crippen molar-refractivity contribution >= 4 is 22.3 Å². The summed E-state index contributed by atoms with van der Waals surface area (Å²) < 4.78 is 0. The maximum absolute atomic E-state index is 6.04. The molecule has 0 atom stereocenters. The van der Waals surface area contributed by atoms with Gasteiger partial charge < -0.3 is 10.6 Å². The summed E-state index contributed by atoms with van der Waals surface area (Å²) in [5.74, 6) is 0.879. The van der Waals surface area contributed by atoms with Gasteiger partial charge in [-0.15, -0.1) is 0 Å². The van der Waals surface area contributed by atoms with Crippen molar-refractivity contribution < 1.29 is 0 Å². The number of benzene rings is 1. The Labute approximate surface area is 120 Å². The third kappa shape index (κ3) is 2.33. The lowest BCUT2D eigenvalue weighted by atomic mass is 9.86. The summed E-state index contributed by atoms with van der Waals surface area (Å²) in [6.07, 6.45) is 7.04. The van der Waals surface area contributed by atoms with Crippen LogP contribution in [0.2, 0.25) is 0 Å². The molecule has 3 rings (SSSR count). The van der Waals surface area contributed by atoms with Crippen LogP contribution in [0.15, 0.2) is 30.5 Å². The first-order chi connectivity index (χ1) is 9.66. The van der Waals surface area contributed by atoms with Gasteiger partial charge in [0.2, 0.25) is 0 Å². The maximum Gasteiger partial charge on any atom is 0.0951 e. The van der Waals surface area contributed by atoms with Crippen molar-refractivity contribution in [3.05, 3.63) is 30.5 Å². The number of nitrogens with zero attached hydrogens (tertiary/aromatic N) is 2. The summed E-state index contributed by atoms with van der Waals surface area (Å²) >= 11 is 0. The van der Waals surface area contributed by atoms with E-state index in [1.807, 2.05) is 18.3 Å². The summed E-state index contributed by atoms with van der Waals surface area (Å²) in [7, 11) is 2.21. The molecular formula is C17H23N3. The second-order valence-corrected chi connectivity index (χ2v) is 6.10. The second kappa shape index (κ2) is 5.31. The third-order valence-electron chi connectivity index (χ3n) is 4.69. The quantitative estimate of drug-likeness (QED) is 0.842. The predicted octanol–water partition coefficient (Wildman–Crippen LogP) is 3.83. The first kappa shape index (κ1) is 13.2. The Kier molecular flexibility index (Phi) is 3.51. The standard InChI is InChI=1S/C17H23N3/c1-12-5-7-13(8-6-12)20(2)16-10-9-15(18)17-14(16)4-3-11-19-17/h3-4,9-13H,5-8,18H2,1-2H3. The van der Waals surface area contributed by atoms with Gasteiger partial charge in [-0.3, -0.25) is 4.98 Å². The number of aromatic nitrogens is 1. The smallest absolute Gasteiger partial charge is 0.0951 e. The molecule has 1 aliphatic carbocycles. The van der Waals surface area contributed by atoms with Gasteiger partial charge in [0.25, 0.3) is 0 Å². The van der Waals surface area contributed by atoms with E-state index in [0.29, 0.717) is 6.04 Å². The van der Waals surface area contributed by atoms with Crippen molar-refractivity contribution in [1.82, 2.24) is 4.98 Å². The zero-order valence-corrected chi connectivity index (χ0v) is 12.3. The minimum absolute atomic E-state index is 0.637. The largest absolute Gasteiger partial charge is 0.397 e. The molecule has 3 heteroatoms. The Bertz CT molecular complexity index is 600. The molecule has 20 heavy (non-hydrogen) atoms. The average Bonchev–Trinajstić information content (AvgIpc) is 2.48. The maximum atomic E-state index is 6.04. The van der Waals surface area contributed by atoms with Crippen LogP contribution in [-0.2, 0) is 0 Å². The Balaban J connectivity index is 1.95. The zero-order chi connectivity index (χ0) is 14.1. The molecule has 0 saturated heterocycles. The van der Waals surface area contributed by atoms with Crippen LogP contribution in [-0.4, -0.2) is 18.1 Å². The fourth-order valence-electron chi connectivity index (χ4n) is 3.31. The van der Waals surface area contributed by atoms with Crippen molar-refractivity contribution in [2.24, 2.45) is 5.92 Å². The number of nitrogens with two attached hydrogens (primary N) is 1. The SMILES string of the molecule is CC1CCC(N(C)c2ccc(N)c3ncccc23)CC1. The van der Waals surface area contributed by atoms with Crippen molar-refractivity contribution in [3.8, 4) is 0 Å². The predicted molar refractivity (Wildman–Crippen MR) is 86.0 cm³/mol. The summed E-state index contributed by atoms with van der Waals surface area (Å²) in [6, 6.07) is 8.86. The van der Waals surface area contributed by atoms with E-state index in [4.69, 9.17) is 5.73 Å². The van der Waals surface area contributed by atoms with E-state index in [9.17, 15) is 0 Å². The highest BCUT2D eigenvalue weighted by molar-refractivity contribution is 5.98. The van der Waals surface area contributed by atoms with E-state index >= 15 is 0 Å². The topological polar surface area (TPSA) is 42.1 Å². The molecule has 0 radical (unpaired) electrons. The number of hydrogen-bond donors (Lipinski definition) is 1. The Morgan fingerprint density at radius 3 is 2.65 bits per heavy atom. The molecule has 1 saturated carbocycles. The minimum atomic E-state index is 0.637. The van der Waals surface area contributed by atoms with Gasteiger partial charge >= 0.3 is 0 Å². The molecule has 1 heterocycles. The van der Waals surface area contributed by atoms with Crippen LogP contribution < -0.4 is 10.6 Å². The number of anilines is 2. The molecule has 106 valence electrons. The second-order valence-electron chi connectivity index (χ2n) is 6.10. The molecule has 2 N–H and O–H groups in total. The van der Waals surface area contributed by atoms with Crippen molar-refractivity contribution in [2.75, 3.05) is 17.7 Å². The highest BCUT2D eigenvalue weighted by Gasteiger charge is 2.23. The van der Waals surface area contributed by atoms with E-state index in [2.05, 4.69) is 36.0 Å². The molecule has 1 aliphatic rings. The van der Waals surface area contributed by atoms with Crippen molar-refractivity contribution in [3.63, 3.8) is 0 Å². The fourth-order valence-corrected chi connectivity index (χ4v) is 3.31. The first-order valence-corrected chi connectivity index (χ1v) is 7.53. The van der Waals surface area contributed by atoms with Gasteiger partial charge in [0.05, 0.1) is 11.2 Å². The highest BCUT2D eigenvalue weighted by Crippen LogP contribution is 2.34. The highest BCUT2D eigenvalue weighted by atomic mass is 15.1. The first-order valence-electron chi connectivity index (χ1n) is 7.53. The molecule has 1 aromatic heterocycles. The molecule has 0 amide bonds. The van der Waals surface area contributed by atoms with Gasteiger partial charge in [-0.25, -0.2) is 0 Å². The Hall–Kier alpha value is -1.77. The summed E-state index contributed by atoms with van der Waals surface area (Å²) in [5, 5.41) is 1.16. The summed E-state index contributed by atoms with van der Waals surface area (Å²) in [6.45, 7) is 2.36. The van der Waals surface area contributed by atoms with Crippen LogP contribution in [0.3, 0.4) is 0 Å². The van der Waals surface area contributed by atoms with Crippen LogP contribution in [0, 0.1) is 5.92 Å². The molecule has 0 unspecified atom stereocenters. The van der Waals surface area contributed by atoms with Gasteiger partial charge in [0, 0.05) is 30.4 Å². The zero-order valence-electron chi connectivity index (χ0n) is 12.3. The molecular weight excluding hydrogens is 246 g/mol. The van der Waals surface area contributed by atoms with Crippen molar-refractivity contribution in [1.29, 1.82) is 0 Å². The molecule has 3 nitrogen and oxygen atoms in total. The number of nitrogen functional groups attached to an aromatic ring is 1. The fraction of sp³-hybridized carbons (Fsp3) is 0.471. The molecule has 1 fully saturated rings. The molecule has 2 aromatic rings. The number of hydrogen-bond acceptors (Lipinski definition) is 3. The molecule has 1 aromatic carbocycles. The number of pyridine rings is 1. The van der Waals surface area contributed by atoms with Crippen LogP contribution >= 0.6 is 0 Å². The summed E-state index contributed by atoms with van der Waals surface area (Å²) in [5.41, 5.74) is 8.97. The van der Waals surface area contributed by atoms with Crippen LogP contribution in [0.25, 0.3) is 10.9 Å². The van der Waals surface area contributed by atoms with E-state index in [-0.39, 0.29) is 0 Å². The Morgan fingerprint density at radius 1 is 1.15 bits per heavy atom. The molecule has 0 spiro atoms. The van der Waals surface area contributed by atoms with Crippen LogP contribution in [0.1, 0.15) is 32.6 Å². The number of rotatable bonds is 2. The van der Waals surface area contributed by atoms with Gasteiger partial charge in [-0.2, -0.15) is 0 Å². The van der Waals surface area contributed by atoms with E-state index in [1.54, 1.807) is 0 Å². The molecule has 0 bridgehead atoms. The van der Waals surface area contributed by atoms with Crippen LogP contribution in [0.4, 0.5) is 11.4 Å². The average molecular weight is 269 g/mol. The Morgan fingerprint density at radius 2 is 1.90 bits per heavy atom. The normalized spacial score (nSPS) is 22.9. The lowest BCUT2D eigenvalue weighted by Gasteiger charge is -2.35. The van der Waals surface area contributed by atoms with Crippen molar-refractivity contribution in [2.45, 2.75) is 38.6 Å².